The molecular weight excluding hydrogens is 241 g/mol. The van der Waals surface area contributed by atoms with E-state index in [0.717, 1.165) is 31.6 Å². The minimum atomic E-state index is -0.372. The van der Waals surface area contributed by atoms with E-state index >= 15 is 0 Å². The molecule has 2 unspecified atom stereocenters. The van der Waals surface area contributed by atoms with E-state index < -0.39 is 0 Å². The van der Waals surface area contributed by atoms with E-state index in [1.807, 2.05) is 0 Å². The van der Waals surface area contributed by atoms with Crippen LogP contribution in [0.1, 0.15) is 31.4 Å². The summed E-state index contributed by atoms with van der Waals surface area (Å²) in [6, 6.07) is 5.39. The van der Waals surface area contributed by atoms with Gasteiger partial charge < -0.3 is 10.1 Å². The molecule has 2 nitrogen and oxygen atoms in total. The summed E-state index contributed by atoms with van der Waals surface area (Å²) >= 11 is 5.77. The fraction of sp³-hybridized carbons (Fsp3) is 0.538. The number of hydrogen-bond donors (Lipinski definition) is 1. The second kappa shape index (κ2) is 5.80. The number of hydrogen-bond acceptors (Lipinski definition) is 2. The summed E-state index contributed by atoms with van der Waals surface area (Å²) < 4.78 is 18.5. The van der Waals surface area contributed by atoms with Gasteiger partial charge >= 0.3 is 0 Å². The molecule has 2 rings (SSSR count). The minimum absolute atomic E-state index is 0.153. The lowest BCUT2D eigenvalue weighted by atomic mass is 10.0. The maximum absolute atomic E-state index is 13.0. The molecule has 94 valence electrons. The quantitative estimate of drug-likeness (QED) is 0.897. The second-order valence-electron chi connectivity index (χ2n) is 4.48. The second-order valence-corrected chi connectivity index (χ2v) is 4.88. The highest BCUT2D eigenvalue weighted by atomic mass is 35.5. The van der Waals surface area contributed by atoms with Crippen LogP contribution in [0.4, 0.5) is 4.39 Å². The van der Waals surface area contributed by atoms with Crippen LogP contribution in [0, 0.1) is 5.82 Å². The zero-order valence-electron chi connectivity index (χ0n) is 9.88. The smallest absolute Gasteiger partial charge is 0.141 e. The molecule has 1 fully saturated rings. The SMILES string of the molecule is CC(NC1CCCOC1)c1ccc(F)c(Cl)c1. The zero-order chi connectivity index (χ0) is 12.3. The number of nitrogens with one attached hydrogen (secondary N) is 1. The molecule has 17 heavy (non-hydrogen) atoms. The van der Waals surface area contributed by atoms with Gasteiger partial charge in [-0.05, 0) is 37.5 Å². The molecule has 0 saturated carbocycles. The fourth-order valence-electron chi connectivity index (χ4n) is 2.10. The van der Waals surface area contributed by atoms with Gasteiger partial charge in [-0.15, -0.1) is 0 Å². The Labute approximate surface area is 106 Å². The molecule has 1 heterocycles. The average Bonchev–Trinajstić information content (AvgIpc) is 2.34. The van der Waals surface area contributed by atoms with Gasteiger partial charge in [-0.25, -0.2) is 4.39 Å². The molecule has 4 heteroatoms. The van der Waals surface area contributed by atoms with Gasteiger partial charge in [0, 0.05) is 18.7 Å². The predicted octanol–water partition coefficient (Wildman–Crippen LogP) is 3.31. The van der Waals surface area contributed by atoms with Crippen molar-refractivity contribution in [2.45, 2.75) is 31.8 Å². The topological polar surface area (TPSA) is 21.3 Å². The monoisotopic (exact) mass is 257 g/mol. The van der Waals surface area contributed by atoms with Crippen LogP contribution in [-0.4, -0.2) is 19.3 Å². The Bertz CT molecular complexity index is 380. The maximum Gasteiger partial charge on any atom is 0.141 e. The molecule has 2 atom stereocenters. The van der Waals surface area contributed by atoms with Gasteiger partial charge in [0.15, 0.2) is 0 Å². The lowest BCUT2D eigenvalue weighted by Gasteiger charge is -2.27. The maximum atomic E-state index is 13.0. The van der Waals surface area contributed by atoms with Crippen molar-refractivity contribution >= 4 is 11.6 Å². The first-order valence-corrected chi connectivity index (χ1v) is 6.33. The molecule has 1 aliphatic rings. The van der Waals surface area contributed by atoms with E-state index in [9.17, 15) is 4.39 Å². The number of rotatable bonds is 3. The van der Waals surface area contributed by atoms with E-state index in [-0.39, 0.29) is 16.9 Å². The normalized spacial score (nSPS) is 22.4. The fourth-order valence-corrected chi connectivity index (χ4v) is 2.29. The summed E-state index contributed by atoms with van der Waals surface area (Å²) in [5.41, 5.74) is 1.00. The van der Waals surface area contributed by atoms with Crippen LogP contribution in [0.3, 0.4) is 0 Å². The minimum Gasteiger partial charge on any atom is -0.380 e. The molecule has 0 amide bonds. The van der Waals surface area contributed by atoms with Gasteiger partial charge in [0.1, 0.15) is 5.82 Å². The summed E-state index contributed by atoms with van der Waals surface area (Å²) in [7, 11) is 0. The van der Waals surface area contributed by atoms with Gasteiger partial charge in [0.05, 0.1) is 11.6 Å². The Morgan fingerprint density at radius 2 is 2.35 bits per heavy atom. The van der Waals surface area contributed by atoms with Gasteiger partial charge in [0.2, 0.25) is 0 Å². The zero-order valence-corrected chi connectivity index (χ0v) is 10.6. The molecule has 0 radical (unpaired) electrons. The van der Waals surface area contributed by atoms with E-state index in [2.05, 4.69) is 12.2 Å². The molecule has 1 saturated heterocycles. The molecular formula is C13H17ClFNO. The highest BCUT2D eigenvalue weighted by molar-refractivity contribution is 6.30. The Hall–Kier alpha value is -0.640. The first kappa shape index (κ1) is 12.8. The number of benzene rings is 1. The van der Waals surface area contributed by atoms with E-state index in [1.54, 1.807) is 12.1 Å². The lowest BCUT2D eigenvalue weighted by molar-refractivity contribution is 0.0671. The summed E-state index contributed by atoms with van der Waals surface area (Å²) in [6.45, 7) is 3.66. The third-order valence-corrected chi connectivity index (χ3v) is 3.38. The van der Waals surface area contributed by atoms with Crippen molar-refractivity contribution in [3.8, 4) is 0 Å². The number of halogens is 2. The van der Waals surface area contributed by atoms with Crippen LogP contribution < -0.4 is 5.32 Å². The number of ether oxygens (including phenoxy) is 1. The van der Waals surface area contributed by atoms with Gasteiger partial charge in [-0.1, -0.05) is 17.7 Å². The van der Waals surface area contributed by atoms with Crippen molar-refractivity contribution in [3.63, 3.8) is 0 Å². The Balaban J connectivity index is 1.98. The van der Waals surface area contributed by atoms with Gasteiger partial charge in [-0.2, -0.15) is 0 Å². The van der Waals surface area contributed by atoms with Crippen LogP contribution in [0.25, 0.3) is 0 Å². The predicted molar refractivity (Wildman–Crippen MR) is 66.8 cm³/mol. The largest absolute Gasteiger partial charge is 0.380 e. The summed E-state index contributed by atoms with van der Waals surface area (Å²) in [4.78, 5) is 0. The molecule has 1 N–H and O–H groups in total. The van der Waals surface area contributed by atoms with Crippen molar-refractivity contribution in [1.82, 2.24) is 5.32 Å². The van der Waals surface area contributed by atoms with Gasteiger partial charge in [0.25, 0.3) is 0 Å². The summed E-state index contributed by atoms with van der Waals surface area (Å²) in [5, 5.41) is 3.65. The third kappa shape index (κ3) is 3.41. The van der Waals surface area contributed by atoms with Crippen molar-refractivity contribution in [3.05, 3.63) is 34.6 Å². The molecule has 0 bridgehead atoms. The highest BCUT2D eigenvalue weighted by Gasteiger charge is 2.17. The van der Waals surface area contributed by atoms with Crippen molar-refractivity contribution in [2.75, 3.05) is 13.2 Å². The Morgan fingerprint density at radius 1 is 1.53 bits per heavy atom. The van der Waals surface area contributed by atoms with Crippen molar-refractivity contribution in [2.24, 2.45) is 0 Å². The lowest BCUT2D eigenvalue weighted by Crippen LogP contribution is -2.38. The first-order valence-electron chi connectivity index (χ1n) is 5.95. The molecule has 0 aromatic heterocycles. The van der Waals surface area contributed by atoms with Crippen LogP contribution in [-0.2, 0) is 4.74 Å². The van der Waals surface area contributed by atoms with Crippen molar-refractivity contribution in [1.29, 1.82) is 0 Å². The van der Waals surface area contributed by atoms with Crippen LogP contribution in [0.2, 0.25) is 5.02 Å². The van der Waals surface area contributed by atoms with E-state index in [0.29, 0.717) is 6.04 Å². The standard InChI is InChI=1S/C13H17ClFNO/c1-9(16-11-3-2-6-17-8-11)10-4-5-13(15)12(14)7-10/h4-5,7,9,11,16H,2-3,6,8H2,1H3. The van der Waals surface area contributed by atoms with Crippen LogP contribution in [0.5, 0.6) is 0 Å². The Morgan fingerprint density at radius 3 is 3.00 bits per heavy atom. The Kier molecular flexibility index (Phi) is 4.37. The molecule has 1 aromatic carbocycles. The summed E-state index contributed by atoms with van der Waals surface area (Å²) in [6.07, 6.45) is 2.22. The van der Waals surface area contributed by atoms with Crippen molar-refractivity contribution < 1.29 is 9.13 Å². The van der Waals surface area contributed by atoms with E-state index in [1.165, 1.54) is 6.07 Å². The third-order valence-electron chi connectivity index (χ3n) is 3.09. The first-order chi connectivity index (χ1) is 8.16. The molecule has 1 aliphatic heterocycles. The molecule has 0 aliphatic carbocycles. The highest BCUT2D eigenvalue weighted by Crippen LogP contribution is 2.21. The average molecular weight is 258 g/mol. The molecule has 0 spiro atoms. The summed E-state index contributed by atoms with van der Waals surface area (Å²) in [5.74, 6) is -0.372. The molecule has 1 aromatic rings. The van der Waals surface area contributed by atoms with Gasteiger partial charge in [-0.3, -0.25) is 0 Å². The van der Waals surface area contributed by atoms with Crippen LogP contribution >= 0.6 is 11.6 Å². The van der Waals surface area contributed by atoms with Crippen LogP contribution in [0.15, 0.2) is 18.2 Å². The van der Waals surface area contributed by atoms with E-state index in [4.69, 9.17) is 16.3 Å².